The molecule has 1 amide bonds. The Morgan fingerprint density at radius 3 is 2.72 bits per heavy atom. The molecule has 1 aliphatic rings. The highest BCUT2D eigenvalue weighted by atomic mass is 19.3. The Morgan fingerprint density at radius 2 is 2.16 bits per heavy atom. The number of aromatic nitrogens is 1. The van der Waals surface area contributed by atoms with E-state index >= 15 is 0 Å². The minimum Gasteiger partial charge on any atom is -0.480 e. The van der Waals surface area contributed by atoms with Gasteiger partial charge in [-0.05, 0) is 6.07 Å². The van der Waals surface area contributed by atoms with Crippen molar-refractivity contribution < 1.29 is 41.7 Å². The SMILES string of the molecule is O=C(O)C1COCCN1C(=O)c1ccc(OCC(F)(F)C(F)F)nc1. The number of halogens is 4. The van der Waals surface area contributed by atoms with Crippen molar-refractivity contribution in [3.63, 3.8) is 0 Å². The van der Waals surface area contributed by atoms with Crippen molar-refractivity contribution in [1.82, 2.24) is 9.88 Å². The fourth-order valence-corrected chi connectivity index (χ4v) is 2.04. The van der Waals surface area contributed by atoms with Gasteiger partial charge in [-0.3, -0.25) is 4.79 Å². The average molecular weight is 366 g/mol. The summed E-state index contributed by atoms with van der Waals surface area (Å²) in [5.41, 5.74) is 0.00104. The molecule has 138 valence electrons. The summed E-state index contributed by atoms with van der Waals surface area (Å²) in [6.45, 7) is -1.48. The van der Waals surface area contributed by atoms with Gasteiger partial charge in [-0.1, -0.05) is 0 Å². The Hall–Kier alpha value is -2.43. The van der Waals surface area contributed by atoms with Crippen LogP contribution in [-0.4, -0.2) is 71.6 Å². The number of carboxylic acids is 1. The highest BCUT2D eigenvalue weighted by Gasteiger charge is 2.42. The number of amides is 1. The lowest BCUT2D eigenvalue weighted by Crippen LogP contribution is -2.52. The molecule has 0 bridgehead atoms. The van der Waals surface area contributed by atoms with Crippen LogP contribution in [0, 0.1) is 0 Å². The zero-order valence-corrected chi connectivity index (χ0v) is 12.7. The van der Waals surface area contributed by atoms with Gasteiger partial charge in [-0.25, -0.2) is 18.6 Å². The second-order valence-corrected chi connectivity index (χ2v) is 5.16. The molecule has 11 heteroatoms. The molecule has 0 aromatic carbocycles. The summed E-state index contributed by atoms with van der Waals surface area (Å²) in [6, 6.07) is 1.09. The van der Waals surface area contributed by atoms with Crippen LogP contribution < -0.4 is 4.74 Å². The lowest BCUT2D eigenvalue weighted by molar-refractivity contribution is -0.148. The number of carbonyl (C=O) groups excluding carboxylic acids is 1. The van der Waals surface area contributed by atoms with Gasteiger partial charge in [0, 0.05) is 18.8 Å². The van der Waals surface area contributed by atoms with E-state index in [9.17, 15) is 27.2 Å². The second-order valence-electron chi connectivity index (χ2n) is 5.16. The van der Waals surface area contributed by atoms with Crippen LogP contribution in [0.2, 0.25) is 0 Å². The van der Waals surface area contributed by atoms with Crippen LogP contribution in [0.1, 0.15) is 10.4 Å². The molecule has 1 fully saturated rings. The predicted octanol–water partition coefficient (Wildman–Crippen LogP) is 1.29. The van der Waals surface area contributed by atoms with Crippen molar-refractivity contribution in [2.24, 2.45) is 0 Å². The maximum atomic E-state index is 12.8. The molecule has 1 unspecified atom stereocenters. The monoisotopic (exact) mass is 366 g/mol. The topological polar surface area (TPSA) is 89.0 Å². The van der Waals surface area contributed by atoms with Crippen LogP contribution >= 0.6 is 0 Å². The van der Waals surface area contributed by atoms with Crippen molar-refractivity contribution in [3.05, 3.63) is 23.9 Å². The molecule has 1 saturated heterocycles. The number of ether oxygens (including phenoxy) is 2. The highest BCUT2D eigenvalue weighted by Crippen LogP contribution is 2.24. The second kappa shape index (κ2) is 7.64. The molecule has 0 aliphatic carbocycles. The van der Waals surface area contributed by atoms with E-state index in [4.69, 9.17) is 9.84 Å². The van der Waals surface area contributed by atoms with Crippen LogP contribution in [0.25, 0.3) is 0 Å². The largest absolute Gasteiger partial charge is 0.480 e. The summed E-state index contributed by atoms with van der Waals surface area (Å²) in [6.07, 6.45) is -2.88. The van der Waals surface area contributed by atoms with Crippen molar-refractivity contribution in [1.29, 1.82) is 0 Å². The molecule has 1 N–H and O–H groups in total. The van der Waals surface area contributed by atoms with Gasteiger partial charge in [0.2, 0.25) is 5.88 Å². The van der Waals surface area contributed by atoms with E-state index in [0.29, 0.717) is 0 Å². The van der Waals surface area contributed by atoms with E-state index in [1.54, 1.807) is 0 Å². The molecule has 0 radical (unpaired) electrons. The maximum Gasteiger partial charge on any atom is 0.340 e. The molecule has 1 atom stereocenters. The van der Waals surface area contributed by atoms with Gasteiger partial charge in [0.15, 0.2) is 12.6 Å². The zero-order valence-electron chi connectivity index (χ0n) is 12.7. The van der Waals surface area contributed by atoms with Gasteiger partial charge >= 0.3 is 18.3 Å². The van der Waals surface area contributed by atoms with Gasteiger partial charge in [-0.2, -0.15) is 8.78 Å². The number of hydrogen-bond acceptors (Lipinski definition) is 5. The Labute approximate surface area is 139 Å². The first-order valence-electron chi connectivity index (χ1n) is 7.08. The summed E-state index contributed by atoms with van der Waals surface area (Å²) >= 11 is 0. The quantitative estimate of drug-likeness (QED) is 0.764. The molecular weight excluding hydrogens is 352 g/mol. The summed E-state index contributed by atoms with van der Waals surface area (Å²) in [5, 5.41) is 9.10. The summed E-state index contributed by atoms with van der Waals surface area (Å²) in [7, 11) is 0. The number of alkyl halides is 4. The number of nitrogens with zero attached hydrogens (tertiary/aromatic N) is 2. The first kappa shape index (κ1) is 18.9. The van der Waals surface area contributed by atoms with Crippen LogP contribution in [-0.2, 0) is 9.53 Å². The minimum absolute atomic E-state index is 0.00104. The molecule has 1 aromatic heterocycles. The van der Waals surface area contributed by atoms with E-state index in [1.807, 2.05) is 0 Å². The van der Waals surface area contributed by atoms with Gasteiger partial charge in [0.1, 0.15) is 0 Å². The predicted molar refractivity (Wildman–Crippen MR) is 74.0 cm³/mol. The van der Waals surface area contributed by atoms with Gasteiger partial charge in [-0.15, -0.1) is 0 Å². The van der Waals surface area contributed by atoms with Gasteiger partial charge in [0.25, 0.3) is 5.91 Å². The summed E-state index contributed by atoms with van der Waals surface area (Å²) in [5.74, 6) is -6.55. The molecule has 1 aliphatic heterocycles. The standard InChI is InChI=1S/C14H14F4N2O5/c15-13(16)14(17,18)7-25-10-2-1-8(5-19-10)11(21)20-3-4-24-6-9(20)12(22)23/h1-2,5,9,13H,3-4,6-7H2,(H,22,23). The lowest BCUT2D eigenvalue weighted by Gasteiger charge is -2.32. The summed E-state index contributed by atoms with van der Waals surface area (Å²) < 4.78 is 59.1. The minimum atomic E-state index is -4.32. The first-order valence-corrected chi connectivity index (χ1v) is 7.08. The van der Waals surface area contributed by atoms with E-state index in [2.05, 4.69) is 9.72 Å². The van der Waals surface area contributed by atoms with Crippen molar-refractivity contribution in [2.45, 2.75) is 18.4 Å². The fourth-order valence-electron chi connectivity index (χ4n) is 2.04. The number of aliphatic carboxylic acids is 1. The lowest BCUT2D eigenvalue weighted by atomic mass is 10.1. The Balaban J connectivity index is 2.03. The molecule has 1 aromatic rings. The first-order chi connectivity index (χ1) is 11.7. The Bertz CT molecular complexity index is 626. The van der Waals surface area contributed by atoms with Crippen molar-refractivity contribution in [2.75, 3.05) is 26.4 Å². The molecule has 0 spiro atoms. The number of morpholine rings is 1. The number of rotatable bonds is 6. The van der Waals surface area contributed by atoms with Crippen LogP contribution in [0.5, 0.6) is 5.88 Å². The maximum absolute atomic E-state index is 12.8. The Morgan fingerprint density at radius 1 is 1.44 bits per heavy atom. The number of hydrogen-bond donors (Lipinski definition) is 1. The average Bonchev–Trinajstić information content (AvgIpc) is 2.59. The highest BCUT2D eigenvalue weighted by molar-refractivity contribution is 5.96. The van der Waals surface area contributed by atoms with Gasteiger partial charge < -0.3 is 19.5 Å². The van der Waals surface area contributed by atoms with E-state index in [0.717, 1.165) is 17.2 Å². The normalized spacial score (nSPS) is 18.3. The van der Waals surface area contributed by atoms with Crippen LogP contribution in [0.15, 0.2) is 18.3 Å². The number of pyridine rings is 1. The van der Waals surface area contributed by atoms with Crippen LogP contribution in [0.4, 0.5) is 17.6 Å². The molecule has 2 rings (SSSR count). The van der Waals surface area contributed by atoms with E-state index < -0.39 is 36.9 Å². The Kier molecular flexibility index (Phi) is 5.77. The number of carbonyl (C=O) groups is 2. The van der Waals surface area contributed by atoms with Crippen molar-refractivity contribution >= 4 is 11.9 Å². The zero-order chi connectivity index (χ0) is 18.6. The van der Waals surface area contributed by atoms with E-state index in [1.165, 1.54) is 6.07 Å². The van der Waals surface area contributed by atoms with Crippen molar-refractivity contribution in [3.8, 4) is 5.88 Å². The van der Waals surface area contributed by atoms with Gasteiger partial charge in [0.05, 0.1) is 18.8 Å². The third-order valence-electron chi connectivity index (χ3n) is 3.39. The summed E-state index contributed by atoms with van der Waals surface area (Å²) in [4.78, 5) is 28.2. The third-order valence-corrected chi connectivity index (χ3v) is 3.39. The molecule has 25 heavy (non-hydrogen) atoms. The van der Waals surface area contributed by atoms with E-state index in [-0.39, 0.29) is 31.2 Å². The third kappa shape index (κ3) is 4.56. The molecule has 2 heterocycles. The molecule has 0 saturated carbocycles. The number of carboxylic acid groups (broad SMARTS) is 1. The molecular formula is C14H14F4N2O5. The smallest absolute Gasteiger partial charge is 0.340 e. The van der Waals surface area contributed by atoms with Crippen LogP contribution in [0.3, 0.4) is 0 Å². The molecule has 7 nitrogen and oxygen atoms in total. The fraction of sp³-hybridized carbons (Fsp3) is 0.500.